The highest BCUT2D eigenvalue weighted by Gasteiger charge is 2.43. The van der Waals surface area contributed by atoms with Gasteiger partial charge in [-0.1, -0.05) is 5.16 Å². The van der Waals surface area contributed by atoms with Crippen molar-refractivity contribution in [3.63, 3.8) is 0 Å². The molecule has 1 aromatic rings. The molecule has 2 aliphatic rings. The van der Waals surface area contributed by atoms with Crippen LogP contribution in [0.4, 0.5) is 0 Å². The van der Waals surface area contributed by atoms with Gasteiger partial charge in [0.15, 0.2) is 5.84 Å². The number of amidine groups is 1. The maximum absolute atomic E-state index is 8.81. The number of oxime groups is 1. The van der Waals surface area contributed by atoms with Crippen molar-refractivity contribution in [3.05, 3.63) is 24.0 Å². The van der Waals surface area contributed by atoms with Crippen LogP contribution in [0.25, 0.3) is 0 Å². The Hall–Kier alpha value is -1.49. The first-order valence-corrected chi connectivity index (χ1v) is 6.53. The second kappa shape index (κ2) is 4.31. The highest BCUT2D eigenvalue weighted by atomic mass is 16.5. The zero-order valence-electron chi connectivity index (χ0n) is 10.4. The summed E-state index contributed by atoms with van der Waals surface area (Å²) in [5.74, 6) is 0.175. The van der Waals surface area contributed by atoms with Gasteiger partial charge in [0.1, 0.15) is 0 Å². The highest BCUT2D eigenvalue weighted by Crippen LogP contribution is 2.45. The van der Waals surface area contributed by atoms with Gasteiger partial charge in [-0.05, 0) is 44.2 Å². The van der Waals surface area contributed by atoms with E-state index in [2.05, 4.69) is 9.72 Å². The van der Waals surface area contributed by atoms with Crippen molar-refractivity contribution < 1.29 is 9.94 Å². The van der Waals surface area contributed by atoms with Crippen molar-refractivity contribution in [3.8, 4) is 0 Å². The first-order chi connectivity index (χ1) is 8.74. The molecule has 98 valence electrons. The van der Waals surface area contributed by atoms with Crippen LogP contribution in [-0.2, 0) is 4.74 Å². The number of rotatable bonds is 2. The van der Waals surface area contributed by atoms with E-state index in [0.717, 1.165) is 25.1 Å². The topological polar surface area (TPSA) is 72.8 Å². The van der Waals surface area contributed by atoms with Gasteiger partial charge in [0.05, 0.1) is 11.3 Å². The molecule has 3 rings (SSSR count). The molecule has 1 saturated carbocycles. The SMILES string of the molecule is N/C(=N/O)c1cccn1C1CCOC2(CCC2)C1. The lowest BCUT2D eigenvalue weighted by Gasteiger charge is -2.47. The van der Waals surface area contributed by atoms with E-state index in [0.29, 0.717) is 6.04 Å². The van der Waals surface area contributed by atoms with Gasteiger partial charge in [-0.2, -0.15) is 0 Å². The van der Waals surface area contributed by atoms with E-state index < -0.39 is 0 Å². The van der Waals surface area contributed by atoms with Crippen LogP contribution >= 0.6 is 0 Å². The van der Waals surface area contributed by atoms with Crippen molar-refractivity contribution in [1.29, 1.82) is 0 Å². The van der Waals surface area contributed by atoms with Crippen LogP contribution in [0.5, 0.6) is 0 Å². The Balaban J connectivity index is 1.84. The minimum atomic E-state index is 0.107. The second-order valence-corrected chi connectivity index (χ2v) is 5.32. The van der Waals surface area contributed by atoms with Gasteiger partial charge < -0.3 is 20.2 Å². The summed E-state index contributed by atoms with van der Waals surface area (Å²) in [4.78, 5) is 0. The molecule has 1 aromatic heterocycles. The highest BCUT2D eigenvalue weighted by molar-refractivity contribution is 5.95. The average Bonchev–Trinajstić information content (AvgIpc) is 2.85. The van der Waals surface area contributed by atoms with Gasteiger partial charge in [-0.15, -0.1) is 0 Å². The molecular formula is C13H19N3O2. The normalized spacial score (nSPS) is 27.1. The van der Waals surface area contributed by atoms with E-state index >= 15 is 0 Å². The Kier molecular flexibility index (Phi) is 2.78. The van der Waals surface area contributed by atoms with E-state index in [4.69, 9.17) is 15.7 Å². The predicted octanol–water partition coefficient (Wildman–Crippen LogP) is 1.86. The average molecular weight is 249 g/mol. The monoisotopic (exact) mass is 249 g/mol. The summed E-state index contributed by atoms with van der Waals surface area (Å²) in [6.45, 7) is 0.804. The molecule has 0 bridgehead atoms. The maximum atomic E-state index is 8.81. The van der Waals surface area contributed by atoms with Gasteiger partial charge in [0.25, 0.3) is 0 Å². The van der Waals surface area contributed by atoms with Crippen LogP contribution in [0.15, 0.2) is 23.5 Å². The lowest BCUT2D eigenvalue weighted by Crippen LogP contribution is -2.46. The summed E-state index contributed by atoms with van der Waals surface area (Å²) in [6, 6.07) is 4.22. The molecule has 1 unspecified atom stereocenters. The lowest BCUT2D eigenvalue weighted by atomic mass is 9.74. The molecular weight excluding hydrogens is 230 g/mol. The van der Waals surface area contributed by atoms with Gasteiger partial charge in [-0.3, -0.25) is 0 Å². The van der Waals surface area contributed by atoms with E-state index in [-0.39, 0.29) is 11.4 Å². The Morgan fingerprint density at radius 3 is 3.06 bits per heavy atom. The standard InChI is InChI=1S/C13H19N3O2/c14-12(15-17)11-3-1-7-16(11)10-4-8-18-13(9-10)5-2-6-13/h1,3,7,10,17H,2,4-6,8-9H2,(H2,14,15). The molecule has 1 saturated heterocycles. The van der Waals surface area contributed by atoms with Gasteiger partial charge in [0, 0.05) is 18.8 Å². The quantitative estimate of drug-likeness (QED) is 0.363. The molecule has 18 heavy (non-hydrogen) atoms. The third-order valence-electron chi connectivity index (χ3n) is 4.27. The molecule has 0 amide bonds. The van der Waals surface area contributed by atoms with E-state index in [1.165, 1.54) is 19.3 Å². The van der Waals surface area contributed by atoms with Crippen molar-refractivity contribution in [2.75, 3.05) is 6.61 Å². The molecule has 2 heterocycles. The molecule has 0 aromatic carbocycles. The molecule has 1 atom stereocenters. The van der Waals surface area contributed by atoms with Crippen LogP contribution in [0.3, 0.4) is 0 Å². The fourth-order valence-corrected chi connectivity index (χ4v) is 3.14. The summed E-state index contributed by atoms with van der Waals surface area (Å²) >= 11 is 0. The zero-order valence-corrected chi connectivity index (χ0v) is 10.4. The lowest BCUT2D eigenvalue weighted by molar-refractivity contribution is -0.140. The minimum Gasteiger partial charge on any atom is -0.409 e. The van der Waals surface area contributed by atoms with Crippen molar-refractivity contribution >= 4 is 5.84 Å². The van der Waals surface area contributed by atoms with Crippen LogP contribution < -0.4 is 5.73 Å². The molecule has 1 aliphatic carbocycles. The van der Waals surface area contributed by atoms with Crippen LogP contribution in [-0.4, -0.2) is 27.8 Å². The number of nitrogens with zero attached hydrogens (tertiary/aromatic N) is 2. The van der Waals surface area contributed by atoms with Gasteiger partial charge in [-0.25, -0.2) is 0 Å². The zero-order chi connectivity index (χ0) is 12.6. The molecule has 1 aliphatic heterocycles. The predicted molar refractivity (Wildman–Crippen MR) is 67.7 cm³/mol. The third-order valence-corrected chi connectivity index (χ3v) is 4.27. The smallest absolute Gasteiger partial charge is 0.186 e. The number of ether oxygens (including phenoxy) is 1. The molecule has 5 nitrogen and oxygen atoms in total. The van der Waals surface area contributed by atoms with Crippen LogP contribution in [0.2, 0.25) is 0 Å². The number of aromatic nitrogens is 1. The molecule has 5 heteroatoms. The fourth-order valence-electron chi connectivity index (χ4n) is 3.14. The Morgan fingerprint density at radius 2 is 2.39 bits per heavy atom. The van der Waals surface area contributed by atoms with E-state index in [1.807, 2.05) is 18.3 Å². The Morgan fingerprint density at radius 1 is 1.56 bits per heavy atom. The largest absolute Gasteiger partial charge is 0.409 e. The number of hydrogen-bond donors (Lipinski definition) is 2. The second-order valence-electron chi connectivity index (χ2n) is 5.32. The summed E-state index contributed by atoms with van der Waals surface area (Å²) in [6.07, 6.45) is 7.64. The summed E-state index contributed by atoms with van der Waals surface area (Å²) in [5, 5.41) is 11.9. The maximum Gasteiger partial charge on any atom is 0.186 e. The summed E-state index contributed by atoms with van der Waals surface area (Å²) < 4.78 is 8.05. The van der Waals surface area contributed by atoms with Crippen LogP contribution in [0.1, 0.15) is 43.8 Å². The Bertz CT molecular complexity index is 463. The summed E-state index contributed by atoms with van der Waals surface area (Å²) in [7, 11) is 0. The fraction of sp³-hybridized carbons (Fsp3) is 0.615. The first-order valence-electron chi connectivity index (χ1n) is 6.53. The van der Waals surface area contributed by atoms with Gasteiger partial charge >= 0.3 is 0 Å². The van der Waals surface area contributed by atoms with Crippen LogP contribution in [0, 0.1) is 0 Å². The van der Waals surface area contributed by atoms with Crippen molar-refractivity contribution in [1.82, 2.24) is 4.57 Å². The van der Waals surface area contributed by atoms with E-state index in [9.17, 15) is 0 Å². The van der Waals surface area contributed by atoms with Gasteiger partial charge in [0.2, 0.25) is 0 Å². The number of nitrogens with two attached hydrogens (primary N) is 1. The Labute approximate surface area is 106 Å². The molecule has 1 spiro atoms. The summed E-state index contributed by atoms with van der Waals surface area (Å²) in [5.41, 5.74) is 6.61. The van der Waals surface area contributed by atoms with Crippen molar-refractivity contribution in [2.45, 2.75) is 43.7 Å². The first kappa shape index (κ1) is 11.6. The van der Waals surface area contributed by atoms with Crippen molar-refractivity contribution in [2.24, 2.45) is 10.9 Å². The third kappa shape index (κ3) is 1.79. The molecule has 3 N–H and O–H groups in total. The molecule has 0 radical (unpaired) electrons. The van der Waals surface area contributed by atoms with E-state index in [1.54, 1.807) is 0 Å². The molecule has 2 fully saturated rings. The number of hydrogen-bond acceptors (Lipinski definition) is 3. The minimum absolute atomic E-state index is 0.107.